The average Bonchev–Trinajstić information content (AvgIpc) is 3.09. The minimum absolute atomic E-state index is 0.0456. The van der Waals surface area contributed by atoms with Crippen molar-refractivity contribution in [2.24, 2.45) is 5.92 Å². The monoisotopic (exact) mass is 417 g/mol. The third-order valence-electron chi connectivity index (χ3n) is 4.88. The number of hydrogen-bond donors (Lipinski definition) is 1. The lowest BCUT2D eigenvalue weighted by molar-refractivity contribution is 0.102. The summed E-state index contributed by atoms with van der Waals surface area (Å²) < 4.78 is 1.23. The molecular formula is C19H20ClN5O2S. The molecule has 1 saturated heterocycles. The van der Waals surface area contributed by atoms with Gasteiger partial charge in [-0.25, -0.2) is 4.98 Å². The Morgan fingerprint density at radius 2 is 2.21 bits per heavy atom. The van der Waals surface area contributed by atoms with E-state index in [1.807, 2.05) is 6.92 Å². The molecule has 1 fully saturated rings. The first-order chi connectivity index (χ1) is 13.4. The highest BCUT2D eigenvalue weighted by Gasteiger charge is 2.22. The lowest BCUT2D eigenvalue weighted by Crippen LogP contribution is -2.34. The number of aryl methyl sites for hydroxylation is 1. The molecule has 1 amide bonds. The van der Waals surface area contributed by atoms with Gasteiger partial charge in [0.05, 0.1) is 0 Å². The topological polar surface area (TPSA) is 79.6 Å². The van der Waals surface area contributed by atoms with E-state index in [1.54, 1.807) is 18.2 Å². The van der Waals surface area contributed by atoms with Crippen LogP contribution in [0.1, 0.15) is 35.7 Å². The molecule has 0 unspecified atom stereocenters. The average molecular weight is 418 g/mol. The van der Waals surface area contributed by atoms with Crippen molar-refractivity contribution >= 4 is 44.6 Å². The number of amides is 1. The van der Waals surface area contributed by atoms with E-state index < -0.39 is 11.5 Å². The van der Waals surface area contributed by atoms with Gasteiger partial charge in [-0.2, -0.15) is 4.52 Å². The van der Waals surface area contributed by atoms with Crippen molar-refractivity contribution in [1.82, 2.24) is 14.6 Å². The summed E-state index contributed by atoms with van der Waals surface area (Å²) in [6.07, 6.45) is 3.63. The van der Waals surface area contributed by atoms with E-state index in [9.17, 15) is 9.59 Å². The van der Waals surface area contributed by atoms with E-state index in [0.717, 1.165) is 30.2 Å². The number of carbonyl (C=O) groups is 1. The highest BCUT2D eigenvalue weighted by Crippen LogP contribution is 2.26. The molecule has 7 nitrogen and oxygen atoms in total. The summed E-state index contributed by atoms with van der Waals surface area (Å²) in [5.41, 5.74) is 0.891. The molecule has 1 atom stereocenters. The maximum atomic E-state index is 12.8. The fraction of sp³-hybridized carbons (Fsp3) is 0.368. The van der Waals surface area contributed by atoms with Crippen LogP contribution in [0.2, 0.25) is 5.02 Å². The van der Waals surface area contributed by atoms with Gasteiger partial charge in [0.25, 0.3) is 11.5 Å². The number of nitrogens with zero attached hydrogens (tertiary/aromatic N) is 4. The summed E-state index contributed by atoms with van der Waals surface area (Å²) in [5.74, 6) is 0.0767. The van der Waals surface area contributed by atoms with Crippen molar-refractivity contribution < 1.29 is 4.79 Å². The number of nitrogens with one attached hydrogen (secondary N) is 1. The van der Waals surface area contributed by atoms with Gasteiger partial charge in [-0.3, -0.25) is 9.59 Å². The predicted octanol–water partition coefficient (Wildman–Crippen LogP) is 3.60. The number of carbonyl (C=O) groups excluding carboxylic acids is 1. The molecule has 0 aliphatic carbocycles. The molecule has 2 aromatic heterocycles. The first-order valence-corrected chi connectivity index (χ1v) is 10.3. The number of piperidine rings is 1. The summed E-state index contributed by atoms with van der Waals surface area (Å²) in [5, 5.41) is 8.54. The lowest BCUT2D eigenvalue weighted by atomic mass is 10.0. The standard InChI is InChI=1S/C19H20ClN5O2S/c1-11-4-3-7-24(10-11)19-23-25-17(27)14(9-21-18(25)28-19)16(26)22-15-6-5-13(20)8-12(15)2/h5-6,8-9,11H,3-4,7,10H2,1-2H3,(H,22,26)/t11-/m0/s1. The Kier molecular flexibility index (Phi) is 5.07. The van der Waals surface area contributed by atoms with Gasteiger partial charge in [0.2, 0.25) is 10.1 Å². The molecular weight excluding hydrogens is 398 g/mol. The number of halogens is 1. The Morgan fingerprint density at radius 3 is 2.96 bits per heavy atom. The molecule has 9 heteroatoms. The molecule has 28 heavy (non-hydrogen) atoms. The first kappa shape index (κ1) is 18.9. The van der Waals surface area contributed by atoms with Gasteiger partial charge < -0.3 is 10.2 Å². The molecule has 146 valence electrons. The van der Waals surface area contributed by atoms with Crippen molar-refractivity contribution in [3.63, 3.8) is 0 Å². The zero-order valence-corrected chi connectivity index (χ0v) is 17.2. The highest BCUT2D eigenvalue weighted by molar-refractivity contribution is 7.20. The van der Waals surface area contributed by atoms with E-state index in [2.05, 4.69) is 27.2 Å². The van der Waals surface area contributed by atoms with Crippen LogP contribution in [-0.2, 0) is 0 Å². The fourth-order valence-corrected chi connectivity index (χ4v) is 4.50. The van der Waals surface area contributed by atoms with Gasteiger partial charge in [0, 0.05) is 30.0 Å². The predicted molar refractivity (Wildman–Crippen MR) is 112 cm³/mol. The SMILES string of the molecule is Cc1cc(Cl)ccc1NC(=O)c1cnc2sc(N3CCC[C@H](C)C3)nn2c1=O. The minimum Gasteiger partial charge on any atom is -0.346 e. The van der Waals surface area contributed by atoms with Crippen LogP contribution in [0.25, 0.3) is 4.96 Å². The Hall–Kier alpha value is -2.45. The molecule has 0 spiro atoms. The molecule has 1 aromatic carbocycles. The van der Waals surface area contributed by atoms with E-state index in [-0.39, 0.29) is 5.56 Å². The molecule has 0 saturated carbocycles. The summed E-state index contributed by atoms with van der Waals surface area (Å²) in [7, 11) is 0. The second-order valence-corrected chi connectivity index (χ2v) is 8.53. The Balaban J connectivity index is 1.63. The number of aromatic nitrogens is 3. The van der Waals surface area contributed by atoms with Crippen LogP contribution in [0.4, 0.5) is 10.8 Å². The number of benzene rings is 1. The molecule has 3 aromatic rings. The zero-order chi connectivity index (χ0) is 19.8. The van der Waals surface area contributed by atoms with Gasteiger partial charge in [-0.05, 0) is 49.4 Å². The maximum Gasteiger partial charge on any atom is 0.288 e. The molecule has 4 rings (SSSR count). The fourth-order valence-electron chi connectivity index (χ4n) is 3.38. The van der Waals surface area contributed by atoms with E-state index in [0.29, 0.717) is 21.6 Å². The largest absolute Gasteiger partial charge is 0.346 e. The van der Waals surface area contributed by atoms with Crippen LogP contribution in [-0.4, -0.2) is 33.6 Å². The molecule has 0 bridgehead atoms. The van der Waals surface area contributed by atoms with Crippen LogP contribution in [0.15, 0.2) is 29.2 Å². The van der Waals surface area contributed by atoms with Crippen LogP contribution < -0.4 is 15.8 Å². The highest BCUT2D eigenvalue weighted by atomic mass is 35.5. The van der Waals surface area contributed by atoms with Gasteiger partial charge >= 0.3 is 0 Å². The van der Waals surface area contributed by atoms with Crippen molar-refractivity contribution in [3.8, 4) is 0 Å². The number of anilines is 2. The zero-order valence-electron chi connectivity index (χ0n) is 15.6. The van der Waals surface area contributed by atoms with Crippen LogP contribution in [0.5, 0.6) is 0 Å². The van der Waals surface area contributed by atoms with Crippen LogP contribution in [0, 0.1) is 12.8 Å². The third kappa shape index (κ3) is 3.62. The number of rotatable bonds is 3. The Bertz CT molecular complexity index is 1110. The smallest absolute Gasteiger partial charge is 0.288 e. The molecule has 1 aliphatic rings. The van der Waals surface area contributed by atoms with Crippen molar-refractivity contribution in [2.45, 2.75) is 26.7 Å². The molecule has 1 N–H and O–H groups in total. The number of fused-ring (bicyclic) bond motifs is 1. The van der Waals surface area contributed by atoms with E-state index in [1.165, 1.54) is 28.5 Å². The van der Waals surface area contributed by atoms with Crippen molar-refractivity contribution in [1.29, 1.82) is 0 Å². The minimum atomic E-state index is -0.515. The molecule has 1 aliphatic heterocycles. The lowest BCUT2D eigenvalue weighted by Gasteiger charge is -2.30. The normalized spacial score (nSPS) is 17.1. The van der Waals surface area contributed by atoms with Crippen LogP contribution >= 0.6 is 22.9 Å². The first-order valence-electron chi connectivity index (χ1n) is 9.13. The summed E-state index contributed by atoms with van der Waals surface area (Å²) in [6.45, 7) is 5.88. The second-order valence-electron chi connectivity index (χ2n) is 7.16. The summed E-state index contributed by atoms with van der Waals surface area (Å²) >= 11 is 7.32. The maximum absolute atomic E-state index is 12.8. The second kappa shape index (κ2) is 7.52. The molecule has 3 heterocycles. The summed E-state index contributed by atoms with van der Waals surface area (Å²) in [4.78, 5) is 32.4. The van der Waals surface area contributed by atoms with E-state index in [4.69, 9.17) is 11.6 Å². The van der Waals surface area contributed by atoms with Crippen LogP contribution in [0.3, 0.4) is 0 Å². The Labute approximate surface area is 171 Å². The van der Waals surface area contributed by atoms with Gasteiger partial charge in [0.15, 0.2) is 0 Å². The third-order valence-corrected chi connectivity index (χ3v) is 6.10. The molecule has 0 radical (unpaired) electrons. The van der Waals surface area contributed by atoms with Gasteiger partial charge in [0.1, 0.15) is 5.56 Å². The number of hydrogen-bond acceptors (Lipinski definition) is 6. The van der Waals surface area contributed by atoms with E-state index >= 15 is 0 Å². The van der Waals surface area contributed by atoms with Gasteiger partial charge in [-0.15, -0.1) is 5.10 Å². The van der Waals surface area contributed by atoms with Gasteiger partial charge in [-0.1, -0.05) is 29.9 Å². The Morgan fingerprint density at radius 1 is 1.39 bits per heavy atom. The van der Waals surface area contributed by atoms with Crippen molar-refractivity contribution in [3.05, 3.63) is 50.9 Å². The van der Waals surface area contributed by atoms with Crippen molar-refractivity contribution in [2.75, 3.05) is 23.3 Å². The summed E-state index contributed by atoms with van der Waals surface area (Å²) in [6, 6.07) is 5.14. The quantitative estimate of drug-likeness (QED) is 0.704.